The predicted molar refractivity (Wildman–Crippen MR) is 177 cm³/mol. The Labute approximate surface area is 278 Å². The average Bonchev–Trinajstić information content (AvgIpc) is 3.43. The zero-order valence-corrected chi connectivity index (χ0v) is 27.2. The maximum absolute atomic E-state index is 13.7. The van der Waals surface area contributed by atoms with Crippen molar-refractivity contribution in [1.29, 1.82) is 0 Å². The van der Waals surface area contributed by atoms with Crippen molar-refractivity contribution in [2.24, 2.45) is 29.4 Å². The summed E-state index contributed by atoms with van der Waals surface area (Å²) in [6.45, 7) is 3.29. The Balaban J connectivity index is 1.30. The fourth-order valence-corrected chi connectivity index (χ4v) is 6.55. The van der Waals surface area contributed by atoms with Crippen LogP contribution in [0.4, 0.5) is 24.5 Å². The van der Waals surface area contributed by atoms with Gasteiger partial charge in [-0.3, -0.25) is 19.2 Å². The first-order chi connectivity index (χ1) is 22.8. The number of rotatable bonds is 12. The van der Waals surface area contributed by atoms with E-state index in [1.165, 1.54) is 6.07 Å². The number of nitrogens with zero attached hydrogens (tertiary/aromatic N) is 1. The molecular formula is C37H41F3N4O4. The number of aromatic nitrogens is 1. The molecule has 0 saturated heterocycles. The van der Waals surface area contributed by atoms with Gasteiger partial charge in [-0.2, -0.15) is 13.2 Å². The van der Waals surface area contributed by atoms with Gasteiger partial charge in [-0.25, -0.2) is 4.98 Å². The Bertz CT molecular complexity index is 1680. The number of carbonyl (C=O) groups excluding carboxylic acids is 4. The maximum atomic E-state index is 13.7. The van der Waals surface area contributed by atoms with Crippen LogP contribution in [0.3, 0.4) is 0 Å². The molecule has 0 radical (unpaired) electrons. The number of nitrogens with one attached hydrogen (secondary N) is 2. The predicted octanol–water partition coefficient (Wildman–Crippen LogP) is 6.84. The number of aryl methyl sites for hydroxylation is 1. The molecular weight excluding hydrogens is 621 g/mol. The van der Waals surface area contributed by atoms with Gasteiger partial charge in [0.1, 0.15) is 11.5 Å². The maximum Gasteiger partial charge on any atom is 0.391 e. The summed E-state index contributed by atoms with van der Waals surface area (Å²) in [5.41, 5.74) is 10.8. The molecule has 1 aliphatic carbocycles. The molecule has 0 bridgehead atoms. The summed E-state index contributed by atoms with van der Waals surface area (Å²) in [5, 5.41) is 5.75. The number of Topliss-reactive ketones (excluding diaryl/α,β-unsaturated/α-hetero) is 2. The molecule has 2 aromatic carbocycles. The highest BCUT2D eigenvalue weighted by molar-refractivity contribution is 6.01. The number of ketones is 2. The minimum absolute atomic E-state index is 0.00948. The van der Waals surface area contributed by atoms with Crippen LogP contribution >= 0.6 is 0 Å². The number of nitrogens with two attached hydrogens (primary N) is 1. The second-order valence-electron chi connectivity index (χ2n) is 13.2. The fourth-order valence-electron chi connectivity index (χ4n) is 6.55. The lowest BCUT2D eigenvalue weighted by atomic mass is 9.77. The van der Waals surface area contributed by atoms with Gasteiger partial charge in [0.2, 0.25) is 11.8 Å². The van der Waals surface area contributed by atoms with Gasteiger partial charge in [-0.15, -0.1) is 0 Å². The highest BCUT2D eigenvalue weighted by atomic mass is 19.4. The number of anilines is 2. The van der Waals surface area contributed by atoms with Gasteiger partial charge in [-0.1, -0.05) is 43.3 Å². The van der Waals surface area contributed by atoms with Crippen LogP contribution in [0.2, 0.25) is 0 Å². The minimum atomic E-state index is -4.45. The highest BCUT2D eigenvalue weighted by Crippen LogP contribution is 2.33. The van der Waals surface area contributed by atoms with Crippen LogP contribution in [0.15, 0.2) is 54.6 Å². The number of hydrogen-bond donors (Lipinski definition) is 3. The molecule has 2 heterocycles. The molecule has 2 aliphatic rings. The third-order valence-corrected chi connectivity index (χ3v) is 9.63. The first-order valence-electron chi connectivity index (χ1n) is 16.4. The zero-order valence-electron chi connectivity index (χ0n) is 27.2. The van der Waals surface area contributed by atoms with Gasteiger partial charge in [0, 0.05) is 47.3 Å². The molecule has 1 aliphatic heterocycles. The first kappa shape index (κ1) is 34.9. The summed E-state index contributed by atoms with van der Waals surface area (Å²) in [5.74, 6) is -3.04. The normalized spacial score (nSPS) is 18.8. The summed E-state index contributed by atoms with van der Waals surface area (Å²) >= 11 is 0. The third-order valence-electron chi connectivity index (χ3n) is 9.63. The molecule has 5 rings (SSSR count). The van der Waals surface area contributed by atoms with Crippen molar-refractivity contribution >= 4 is 34.8 Å². The number of fused-ring (bicyclic) bond motifs is 1. The Kier molecular flexibility index (Phi) is 10.8. The average molecular weight is 663 g/mol. The molecule has 2 atom stereocenters. The van der Waals surface area contributed by atoms with E-state index in [0.29, 0.717) is 42.4 Å². The van der Waals surface area contributed by atoms with Crippen molar-refractivity contribution in [3.63, 3.8) is 0 Å². The lowest BCUT2D eigenvalue weighted by molar-refractivity contribution is -0.168. The SMILES string of the molecule is Cc1nc(C(=O)CC(C)C(F)(F)F)ccc1-c1ccc(C[C@H](CC(=O)C2CCC(CN)CC2)C(=O)Nc2ccc3c(c2)NC(=O)C3)cc1. The van der Waals surface area contributed by atoms with E-state index in [4.69, 9.17) is 5.73 Å². The van der Waals surface area contributed by atoms with Crippen LogP contribution in [-0.2, 0) is 27.2 Å². The molecule has 1 unspecified atom stereocenters. The Hall–Kier alpha value is -4.38. The van der Waals surface area contributed by atoms with Gasteiger partial charge in [-0.05, 0) is 86.4 Å². The molecule has 4 N–H and O–H groups in total. The molecule has 2 amide bonds. The van der Waals surface area contributed by atoms with Crippen molar-refractivity contribution in [3.8, 4) is 11.1 Å². The molecule has 8 nitrogen and oxygen atoms in total. The van der Waals surface area contributed by atoms with Crippen LogP contribution in [0.1, 0.15) is 72.8 Å². The number of amides is 2. The first-order valence-corrected chi connectivity index (χ1v) is 16.4. The van der Waals surface area contributed by atoms with Gasteiger partial charge in [0.05, 0.1) is 12.3 Å². The molecule has 3 aromatic rings. The van der Waals surface area contributed by atoms with E-state index in [0.717, 1.165) is 54.9 Å². The summed E-state index contributed by atoms with van der Waals surface area (Å²) in [6, 6.07) is 15.9. The van der Waals surface area contributed by atoms with Crippen molar-refractivity contribution in [2.75, 3.05) is 17.2 Å². The molecule has 1 aromatic heterocycles. The van der Waals surface area contributed by atoms with Crippen LogP contribution in [-0.4, -0.2) is 41.1 Å². The number of alkyl halides is 3. The van der Waals surface area contributed by atoms with Crippen molar-refractivity contribution in [3.05, 3.63) is 77.1 Å². The Morgan fingerprint density at radius 1 is 1.00 bits per heavy atom. The third kappa shape index (κ3) is 8.55. The van der Waals surface area contributed by atoms with Crippen molar-refractivity contribution < 1.29 is 32.3 Å². The molecule has 11 heteroatoms. The largest absolute Gasteiger partial charge is 0.391 e. The summed E-state index contributed by atoms with van der Waals surface area (Å²) in [4.78, 5) is 55.7. The van der Waals surface area contributed by atoms with E-state index in [2.05, 4.69) is 15.6 Å². The monoisotopic (exact) mass is 662 g/mol. The number of hydrogen-bond acceptors (Lipinski definition) is 6. The fraction of sp³-hybridized carbons (Fsp3) is 0.432. The smallest absolute Gasteiger partial charge is 0.330 e. The topological polar surface area (TPSA) is 131 Å². The number of benzene rings is 2. The number of pyridine rings is 1. The molecule has 0 spiro atoms. The Morgan fingerprint density at radius 2 is 1.71 bits per heavy atom. The second-order valence-corrected chi connectivity index (χ2v) is 13.2. The van der Waals surface area contributed by atoms with Crippen LogP contribution < -0.4 is 16.4 Å². The minimum Gasteiger partial charge on any atom is -0.330 e. The second kappa shape index (κ2) is 14.8. The van der Waals surface area contributed by atoms with Gasteiger partial charge in [0.15, 0.2) is 5.78 Å². The van der Waals surface area contributed by atoms with Crippen LogP contribution in [0.25, 0.3) is 11.1 Å². The van der Waals surface area contributed by atoms with Crippen LogP contribution in [0, 0.1) is 30.6 Å². The van der Waals surface area contributed by atoms with E-state index in [1.54, 1.807) is 31.2 Å². The van der Waals surface area contributed by atoms with Gasteiger partial charge in [0.25, 0.3) is 0 Å². The molecule has 254 valence electrons. The van der Waals surface area contributed by atoms with E-state index in [-0.39, 0.29) is 35.6 Å². The van der Waals surface area contributed by atoms with E-state index in [9.17, 15) is 32.3 Å². The van der Waals surface area contributed by atoms with E-state index < -0.39 is 30.2 Å². The summed E-state index contributed by atoms with van der Waals surface area (Å²) in [6.07, 6.45) is -1.06. The Morgan fingerprint density at radius 3 is 2.35 bits per heavy atom. The quantitative estimate of drug-likeness (QED) is 0.182. The summed E-state index contributed by atoms with van der Waals surface area (Å²) in [7, 11) is 0. The number of carbonyl (C=O) groups is 4. The molecule has 1 saturated carbocycles. The van der Waals surface area contributed by atoms with Crippen molar-refractivity contribution in [2.45, 2.75) is 71.4 Å². The molecule has 1 fully saturated rings. The summed E-state index contributed by atoms with van der Waals surface area (Å²) < 4.78 is 38.8. The standard InChI is InChI=1S/C37H41F3N4O4/c1-21(37(38,39)40)15-34(46)31-14-13-30(22(2)42-31)25-7-3-23(4-8-25)16-28(17-33(45)26-9-5-24(20-41)6-10-26)36(48)43-29-12-11-27-18-35(47)44-32(27)19-29/h3-4,7-8,11-14,19,21,24,26,28H,5-6,9-10,15-18,20,41H2,1-2H3,(H,43,48)(H,44,47)/t21?,24?,26?,28-/m1/s1. The van der Waals surface area contributed by atoms with Crippen LogP contribution in [0.5, 0.6) is 0 Å². The van der Waals surface area contributed by atoms with Gasteiger partial charge >= 0.3 is 6.18 Å². The van der Waals surface area contributed by atoms with E-state index in [1.807, 2.05) is 24.3 Å². The molecule has 48 heavy (non-hydrogen) atoms. The number of halogens is 3. The highest BCUT2D eigenvalue weighted by Gasteiger charge is 2.37. The van der Waals surface area contributed by atoms with Crippen molar-refractivity contribution in [1.82, 2.24) is 4.98 Å². The zero-order chi connectivity index (χ0) is 34.6. The lowest BCUT2D eigenvalue weighted by Gasteiger charge is -2.27. The van der Waals surface area contributed by atoms with Gasteiger partial charge < -0.3 is 16.4 Å². The lowest BCUT2D eigenvalue weighted by Crippen LogP contribution is -2.31. The van der Waals surface area contributed by atoms with E-state index >= 15 is 0 Å².